The number of carboxylic acid groups (broad SMARTS) is 2. The van der Waals surface area contributed by atoms with E-state index in [1.54, 1.807) is 20.8 Å². The van der Waals surface area contributed by atoms with Crippen LogP contribution >= 0.6 is 0 Å². The highest BCUT2D eigenvalue weighted by Crippen LogP contribution is 2.42. The Morgan fingerprint density at radius 2 is 1.82 bits per heavy atom. The molecule has 0 bridgehead atoms. The van der Waals surface area contributed by atoms with Gasteiger partial charge in [0.05, 0.1) is 12.5 Å². The first-order valence-corrected chi connectivity index (χ1v) is 7.46. The van der Waals surface area contributed by atoms with E-state index in [0.717, 1.165) is 12.8 Å². The van der Waals surface area contributed by atoms with Gasteiger partial charge in [-0.1, -0.05) is 32.9 Å². The van der Waals surface area contributed by atoms with Crippen LogP contribution < -0.4 is 0 Å². The van der Waals surface area contributed by atoms with Crippen LogP contribution in [-0.4, -0.2) is 44.5 Å². The van der Waals surface area contributed by atoms with Gasteiger partial charge in [-0.15, -0.1) is 0 Å². The molecule has 22 heavy (non-hydrogen) atoms. The molecule has 2 atom stereocenters. The van der Waals surface area contributed by atoms with Crippen LogP contribution in [0.15, 0.2) is 12.2 Å². The summed E-state index contributed by atoms with van der Waals surface area (Å²) in [5.41, 5.74) is -2.73. The predicted octanol–water partition coefficient (Wildman–Crippen LogP) is 2.29. The standard InChI is InChI=1S/C16H25NO5/c1-11(18)17(12-8-6-5-7-9-12)16(14(21)22,10-13(19)20)15(2,3)4/h6,8,12H,5,7,9-10H2,1-4H3,(H,19,20)(H,21,22)/t12?,16-/m0/s1. The lowest BCUT2D eigenvalue weighted by molar-refractivity contribution is -0.175. The van der Waals surface area contributed by atoms with Crippen LogP contribution in [0.4, 0.5) is 0 Å². The summed E-state index contributed by atoms with van der Waals surface area (Å²) in [4.78, 5) is 37.0. The van der Waals surface area contributed by atoms with E-state index in [4.69, 9.17) is 0 Å². The molecule has 1 unspecified atom stereocenters. The van der Waals surface area contributed by atoms with Gasteiger partial charge < -0.3 is 15.1 Å². The molecule has 0 saturated heterocycles. The molecule has 6 heteroatoms. The highest BCUT2D eigenvalue weighted by molar-refractivity contribution is 5.91. The highest BCUT2D eigenvalue weighted by atomic mass is 16.4. The Hall–Kier alpha value is -1.85. The second-order valence-corrected chi connectivity index (χ2v) is 6.80. The van der Waals surface area contributed by atoms with E-state index in [1.165, 1.54) is 11.8 Å². The molecule has 0 heterocycles. The summed E-state index contributed by atoms with van der Waals surface area (Å²) in [6.07, 6.45) is 5.47. The smallest absolute Gasteiger partial charge is 0.330 e. The number of rotatable bonds is 5. The minimum Gasteiger partial charge on any atom is -0.481 e. The van der Waals surface area contributed by atoms with Crippen molar-refractivity contribution in [1.82, 2.24) is 4.90 Å². The van der Waals surface area contributed by atoms with Crippen LogP contribution in [0.25, 0.3) is 0 Å². The number of carbonyl (C=O) groups excluding carboxylic acids is 1. The van der Waals surface area contributed by atoms with Crippen molar-refractivity contribution in [3.63, 3.8) is 0 Å². The van der Waals surface area contributed by atoms with E-state index < -0.39 is 35.2 Å². The zero-order valence-electron chi connectivity index (χ0n) is 13.6. The van der Waals surface area contributed by atoms with E-state index in [2.05, 4.69) is 0 Å². The molecule has 0 spiro atoms. The third kappa shape index (κ3) is 3.31. The van der Waals surface area contributed by atoms with E-state index in [-0.39, 0.29) is 6.04 Å². The van der Waals surface area contributed by atoms with Crippen molar-refractivity contribution in [3.8, 4) is 0 Å². The summed E-state index contributed by atoms with van der Waals surface area (Å²) in [6, 6.07) is -0.388. The normalized spacial score (nSPS) is 21.0. The molecule has 1 aliphatic rings. The van der Waals surface area contributed by atoms with Gasteiger partial charge in [-0.05, 0) is 24.7 Å². The number of carbonyl (C=O) groups is 3. The third-order valence-electron chi connectivity index (χ3n) is 4.31. The summed E-state index contributed by atoms with van der Waals surface area (Å²) in [6.45, 7) is 6.28. The number of allylic oxidation sites excluding steroid dienone is 1. The molecule has 6 nitrogen and oxygen atoms in total. The number of nitrogens with zero attached hydrogens (tertiary/aromatic N) is 1. The fraction of sp³-hybridized carbons (Fsp3) is 0.688. The molecule has 0 fully saturated rings. The molecule has 124 valence electrons. The molecular formula is C16H25NO5. The first-order valence-electron chi connectivity index (χ1n) is 7.46. The van der Waals surface area contributed by atoms with Crippen LogP contribution in [0.5, 0.6) is 0 Å². The van der Waals surface area contributed by atoms with Crippen LogP contribution in [0, 0.1) is 5.41 Å². The molecule has 1 amide bonds. The summed E-state index contributed by atoms with van der Waals surface area (Å²) in [5, 5.41) is 19.1. The number of aliphatic carboxylic acids is 2. The minimum absolute atomic E-state index is 0.388. The number of hydrogen-bond acceptors (Lipinski definition) is 3. The van der Waals surface area contributed by atoms with Crippen molar-refractivity contribution in [2.24, 2.45) is 5.41 Å². The van der Waals surface area contributed by atoms with E-state index in [1.807, 2.05) is 12.2 Å². The Bertz CT molecular complexity index is 491. The molecule has 0 radical (unpaired) electrons. The lowest BCUT2D eigenvalue weighted by atomic mass is 9.69. The van der Waals surface area contributed by atoms with E-state index >= 15 is 0 Å². The van der Waals surface area contributed by atoms with Crippen molar-refractivity contribution in [3.05, 3.63) is 12.2 Å². The van der Waals surface area contributed by atoms with Crippen LogP contribution in [0.2, 0.25) is 0 Å². The summed E-state index contributed by atoms with van der Waals surface area (Å²) < 4.78 is 0. The average molecular weight is 311 g/mol. The van der Waals surface area contributed by atoms with Crippen molar-refractivity contribution in [2.75, 3.05) is 0 Å². The molecule has 0 aliphatic heterocycles. The highest BCUT2D eigenvalue weighted by Gasteiger charge is 2.57. The van der Waals surface area contributed by atoms with Crippen molar-refractivity contribution >= 4 is 17.8 Å². The second kappa shape index (κ2) is 6.50. The van der Waals surface area contributed by atoms with Crippen molar-refractivity contribution < 1.29 is 24.6 Å². The minimum atomic E-state index is -1.79. The Balaban J connectivity index is 3.51. The molecule has 1 aliphatic carbocycles. The lowest BCUT2D eigenvalue weighted by Crippen LogP contribution is -2.67. The first kappa shape index (κ1) is 18.2. The van der Waals surface area contributed by atoms with Crippen molar-refractivity contribution in [2.45, 2.75) is 65.0 Å². The third-order valence-corrected chi connectivity index (χ3v) is 4.31. The van der Waals surface area contributed by atoms with E-state index in [0.29, 0.717) is 6.42 Å². The zero-order chi connectivity index (χ0) is 17.1. The predicted molar refractivity (Wildman–Crippen MR) is 81.4 cm³/mol. The topological polar surface area (TPSA) is 94.9 Å². The van der Waals surface area contributed by atoms with Gasteiger partial charge in [0.2, 0.25) is 5.91 Å². The second-order valence-electron chi connectivity index (χ2n) is 6.80. The maximum absolute atomic E-state index is 12.3. The van der Waals surface area contributed by atoms with Gasteiger partial charge in [-0.2, -0.15) is 0 Å². The van der Waals surface area contributed by atoms with Gasteiger partial charge in [0.1, 0.15) is 0 Å². The molecule has 0 aromatic heterocycles. The fourth-order valence-electron chi connectivity index (χ4n) is 3.22. The molecule has 0 aromatic rings. The van der Waals surface area contributed by atoms with Crippen LogP contribution in [0.3, 0.4) is 0 Å². The van der Waals surface area contributed by atoms with Crippen molar-refractivity contribution in [1.29, 1.82) is 0 Å². The van der Waals surface area contributed by atoms with Gasteiger partial charge in [0, 0.05) is 6.92 Å². The maximum Gasteiger partial charge on any atom is 0.330 e. The number of hydrogen-bond donors (Lipinski definition) is 2. The average Bonchev–Trinajstić information content (AvgIpc) is 2.36. The Morgan fingerprint density at radius 3 is 2.14 bits per heavy atom. The molecule has 2 N–H and O–H groups in total. The quantitative estimate of drug-likeness (QED) is 0.760. The molecule has 0 aromatic carbocycles. The Morgan fingerprint density at radius 1 is 1.23 bits per heavy atom. The Kier molecular flexibility index (Phi) is 5.38. The summed E-state index contributed by atoms with van der Waals surface area (Å²) >= 11 is 0. The number of carboxylic acids is 2. The number of amides is 1. The van der Waals surface area contributed by atoms with Crippen LogP contribution in [0.1, 0.15) is 53.4 Å². The SMILES string of the molecule is CC(=O)N(C1C=CCCC1)[C@@](CC(=O)O)(C(=O)O)C(C)(C)C. The fourth-order valence-corrected chi connectivity index (χ4v) is 3.22. The lowest BCUT2D eigenvalue weighted by Gasteiger charge is -2.50. The van der Waals surface area contributed by atoms with Gasteiger partial charge in [-0.3, -0.25) is 9.59 Å². The summed E-state index contributed by atoms with van der Waals surface area (Å²) in [7, 11) is 0. The molecular weight excluding hydrogens is 286 g/mol. The maximum atomic E-state index is 12.3. The zero-order valence-corrected chi connectivity index (χ0v) is 13.6. The van der Waals surface area contributed by atoms with Gasteiger partial charge in [0.15, 0.2) is 5.54 Å². The summed E-state index contributed by atoms with van der Waals surface area (Å²) in [5.74, 6) is -2.94. The van der Waals surface area contributed by atoms with E-state index in [9.17, 15) is 24.6 Å². The first-order chi connectivity index (χ1) is 10.0. The van der Waals surface area contributed by atoms with Crippen LogP contribution in [-0.2, 0) is 14.4 Å². The Labute approximate surface area is 130 Å². The van der Waals surface area contributed by atoms with Gasteiger partial charge in [-0.25, -0.2) is 4.79 Å². The van der Waals surface area contributed by atoms with Gasteiger partial charge >= 0.3 is 11.9 Å². The molecule has 0 saturated carbocycles. The monoisotopic (exact) mass is 311 g/mol. The largest absolute Gasteiger partial charge is 0.481 e. The molecule has 1 rings (SSSR count). The van der Waals surface area contributed by atoms with Gasteiger partial charge in [0.25, 0.3) is 0 Å².